The predicted molar refractivity (Wildman–Crippen MR) is 64.2 cm³/mol. The Labute approximate surface area is 91.6 Å². The minimum absolute atomic E-state index is 0.209. The summed E-state index contributed by atoms with van der Waals surface area (Å²) in [5.41, 5.74) is 1.55. The van der Waals surface area contributed by atoms with Crippen LogP contribution in [0, 0.1) is 0 Å². The van der Waals surface area contributed by atoms with Crippen molar-refractivity contribution in [1.82, 2.24) is 4.98 Å². The minimum Gasteiger partial charge on any atom is -0.245 e. The third kappa shape index (κ3) is 2.57. The molecule has 0 aliphatic rings. The molecule has 0 amide bonds. The molecule has 14 heavy (non-hydrogen) atoms. The van der Waals surface area contributed by atoms with Crippen LogP contribution in [0.2, 0.25) is 0 Å². The van der Waals surface area contributed by atoms with Gasteiger partial charge < -0.3 is 0 Å². The lowest BCUT2D eigenvalue weighted by molar-refractivity contribution is 0.582. The monoisotopic (exact) mass is 211 g/mol. The molecule has 0 fully saturated rings. The molecule has 1 aromatic heterocycles. The highest BCUT2D eigenvalue weighted by atomic mass is 32.1. The number of rotatable bonds is 3. The van der Waals surface area contributed by atoms with Crippen molar-refractivity contribution in [3.8, 4) is 0 Å². The maximum Gasteiger partial charge on any atom is 0.0984 e. The first-order chi connectivity index (χ1) is 6.49. The average molecular weight is 211 g/mol. The Balaban J connectivity index is 3.00. The summed E-state index contributed by atoms with van der Waals surface area (Å²) in [7, 11) is 0. The Hall–Kier alpha value is -0.370. The van der Waals surface area contributed by atoms with E-state index in [9.17, 15) is 0 Å². The Morgan fingerprint density at radius 1 is 1.21 bits per heavy atom. The molecule has 0 spiro atoms. The van der Waals surface area contributed by atoms with Crippen LogP contribution in [0.5, 0.6) is 0 Å². The van der Waals surface area contributed by atoms with E-state index in [0.29, 0.717) is 0 Å². The maximum absolute atomic E-state index is 4.76. The van der Waals surface area contributed by atoms with E-state index in [0.717, 1.165) is 12.8 Å². The van der Waals surface area contributed by atoms with Gasteiger partial charge in [0.15, 0.2) is 0 Å². The Kier molecular flexibility index (Phi) is 3.71. The SMILES string of the molecule is CCCc1nc(C(C)(C)C)sc1CC. The lowest BCUT2D eigenvalue weighted by atomic mass is 9.98. The molecule has 0 aromatic carbocycles. The molecule has 0 saturated heterocycles. The Morgan fingerprint density at radius 3 is 2.29 bits per heavy atom. The van der Waals surface area contributed by atoms with Crippen LogP contribution in [0.3, 0.4) is 0 Å². The van der Waals surface area contributed by atoms with Gasteiger partial charge in [-0.2, -0.15) is 0 Å². The molecule has 0 radical (unpaired) electrons. The molecule has 0 aliphatic carbocycles. The molecular weight excluding hydrogens is 190 g/mol. The summed E-state index contributed by atoms with van der Waals surface area (Å²) in [4.78, 5) is 6.24. The average Bonchev–Trinajstić information content (AvgIpc) is 2.47. The molecule has 1 aromatic rings. The van der Waals surface area contributed by atoms with Gasteiger partial charge in [0, 0.05) is 10.3 Å². The van der Waals surface area contributed by atoms with Crippen LogP contribution in [0.1, 0.15) is 56.6 Å². The van der Waals surface area contributed by atoms with Gasteiger partial charge in [0.25, 0.3) is 0 Å². The van der Waals surface area contributed by atoms with E-state index >= 15 is 0 Å². The summed E-state index contributed by atoms with van der Waals surface area (Å²) < 4.78 is 0. The topological polar surface area (TPSA) is 12.9 Å². The number of aromatic nitrogens is 1. The fourth-order valence-corrected chi connectivity index (χ4v) is 2.52. The van der Waals surface area contributed by atoms with Crippen LogP contribution >= 0.6 is 11.3 Å². The fourth-order valence-electron chi connectivity index (χ4n) is 1.41. The number of aryl methyl sites for hydroxylation is 2. The molecule has 0 N–H and O–H groups in total. The van der Waals surface area contributed by atoms with Gasteiger partial charge >= 0.3 is 0 Å². The number of hydrogen-bond acceptors (Lipinski definition) is 2. The first-order valence-corrected chi connectivity index (χ1v) is 6.29. The van der Waals surface area contributed by atoms with E-state index in [-0.39, 0.29) is 5.41 Å². The summed E-state index contributed by atoms with van der Waals surface area (Å²) in [6, 6.07) is 0. The molecule has 0 saturated carbocycles. The van der Waals surface area contributed by atoms with Gasteiger partial charge in [0.2, 0.25) is 0 Å². The summed E-state index contributed by atoms with van der Waals surface area (Å²) in [6.07, 6.45) is 3.46. The molecule has 80 valence electrons. The Morgan fingerprint density at radius 2 is 1.86 bits per heavy atom. The van der Waals surface area contributed by atoms with Crippen molar-refractivity contribution in [3.63, 3.8) is 0 Å². The lowest BCUT2D eigenvalue weighted by Crippen LogP contribution is -2.10. The number of hydrogen-bond donors (Lipinski definition) is 0. The second-order valence-corrected chi connectivity index (χ2v) is 5.83. The van der Waals surface area contributed by atoms with E-state index in [4.69, 9.17) is 4.98 Å². The predicted octanol–water partition coefficient (Wildman–Crippen LogP) is 3.96. The number of thiazole rings is 1. The minimum atomic E-state index is 0.209. The van der Waals surface area contributed by atoms with Gasteiger partial charge in [-0.1, -0.05) is 41.0 Å². The third-order valence-corrected chi connectivity index (χ3v) is 3.90. The molecule has 1 nitrogen and oxygen atoms in total. The normalized spacial score (nSPS) is 12.1. The molecule has 0 unspecified atom stereocenters. The number of nitrogens with zero attached hydrogens (tertiary/aromatic N) is 1. The molecular formula is C12H21NS. The molecule has 1 rings (SSSR count). The Bertz CT molecular complexity index is 294. The van der Waals surface area contributed by atoms with E-state index in [1.807, 2.05) is 11.3 Å². The van der Waals surface area contributed by atoms with Crippen molar-refractivity contribution in [2.24, 2.45) is 0 Å². The summed E-state index contributed by atoms with van der Waals surface area (Å²) >= 11 is 1.90. The van der Waals surface area contributed by atoms with Crippen LogP contribution in [-0.2, 0) is 18.3 Å². The molecule has 0 bridgehead atoms. The smallest absolute Gasteiger partial charge is 0.0984 e. The zero-order chi connectivity index (χ0) is 10.8. The van der Waals surface area contributed by atoms with Crippen molar-refractivity contribution >= 4 is 11.3 Å². The van der Waals surface area contributed by atoms with Gasteiger partial charge in [0.1, 0.15) is 0 Å². The van der Waals surface area contributed by atoms with E-state index in [1.165, 1.54) is 22.0 Å². The highest BCUT2D eigenvalue weighted by Crippen LogP contribution is 2.30. The van der Waals surface area contributed by atoms with E-state index in [2.05, 4.69) is 34.6 Å². The summed E-state index contributed by atoms with van der Waals surface area (Å²) in [6.45, 7) is 11.2. The van der Waals surface area contributed by atoms with Gasteiger partial charge in [-0.25, -0.2) is 4.98 Å². The van der Waals surface area contributed by atoms with Crippen molar-refractivity contribution in [3.05, 3.63) is 15.6 Å². The second-order valence-electron chi connectivity index (χ2n) is 4.74. The van der Waals surface area contributed by atoms with Crippen molar-refractivity contribution < 1.29 is 0 Å². The van der Waals surface area contributed by atoms with Crippen LogP contribution in [0.4, 0.5) is 0 Å². The highest BCUT2D eigenvalue weighted by Gasteiger charge is 2.20. The van der Waals surface area contributed by atoms with Gasteiger partial charge in [0.05, 0.1) is 10.7 Å². The van der Waals surface area contributed by atoms with Gasteiger partial charge in [-0.15, -0.1) is 11.3 Å². The lowest BCUT2D eigenvalue weighted by Gasteiger charge is -2.13. The summed E-state index contributed by atoms with van der Waals surface area (Å²) in [5.74, 6) is 0. The molecule has 0 atom stereocenters. The van der Waals surface area contributed by atoms with Crippen LogP contribution in [0.15, 0.2) is 0 Å². The summed E-state index contributed by atoms with van der Waals surface area (Å²) in [5, 5.41) is 1.29. The second kappa shape index (κ2) is 4.43. The highest BCUT2D eigenvalue weighted by molar-refractivity contribution is 7.11. The van der Waals surface area contributed by atoms with Crippen LogP contribution in [0.25, 0.3) is 0 Å². The van der Waals surface area contributed by atoms with Crippen LogP contribution in [-0.4, -0.2) is 4.98 Å². The largest absolute Gasteiger partial charge is 0.245 e. The zero-order valence-electron chi connectivity index (χ0n) is 9.98. The van der Waals surface area contributed by atoms with Crippen molar-refractivity contribution in [2.75, 3.05) is 0 Å². The first-order valence-electron chi connectivity index (χ1n) is 5.48. The standard InChI is InChI=1S/C12H21NS/c1-6-8-9-10(7-2)14-11(13-9)12(3,4)5/h6-8H2,1-5H3. The third-order valence-electron chi connectivity index (χ3n) is 2.23. The van der Waals surface area contributed by atoms with E-state index < -0.39 is 0 Å². The zero-order valence-corrected chi connectivity index (χ0v) is 10.8. The van der Waals surface area contributed by atoms with Crippen molar-refractivity contribution in [1.29, 1.82) is 0 Å². The van der Waals surface area contributed by atoms with E-state index in [1.54, 1.807) is 0 Å². The molecule has 1 heterocycles. The van der Waals surface area contributed by atoms with Crippen LogP contribution < -0.4 is 0 Å². The quantitative estimate of drug-likeness (QED) is 0.737. The maximum atomic E-state index is 4.76. The van der Waals surface area contributed by atoms with Crippen molar-refractivity contribution in [2.45, 2.75) is 59.3 Å². The van der Waals surface area contributed by atoms with Gasteiger partial charge in [-0.3, -0.25) is 0 Å². The molecule has 0 aliphatic heterocycles. The molecule has 2 heteroatoms. The fraction of sp³-hybridized carbons (Fsp3) is 0.750. The van der Waals surface area contributed by atoms with Gasteiger partial charge in [-0.05, 0) is 12.8 Å². The first kappa shape index (κ1) is 11.7.